The monoisotopic (exact) mass is 329 g/mol. The SMILES string of the molecule is COC1(c2ccc(F)c(Cl)c2)CCN(C(=O)O)C1C(C)(C)C. The second-order valence-corrected chi connectivity index (χ2v) is 7.12. The van der Waals surface area contributed by atoms with Crippen LogP contribution in [0, 0.1) is 11.2 Å². The largest absolute Gasteiger partial charge is 0.465 e. The number of halogens is 2. The molecular weight excluding hydrogens is 309 g/mol. The zero-order valence-corrected chi connectivity index (χ0v) is 13.9. The van der Waals surface area contributed by atoms with Gasteiger partial charge in [-0.3, -0.25) is 0 Å². The number of ether oxygens (including phenoxy) is 1. The molecule has 122 valence electrons. The highest BCUT2D eigenvalue weighted by Gasteiger charge is 2.55. The van der Waals surface area contributed by atoms with Gasteiger partial charge in [0.2, 0.25) is 0 Å². The third-order valence-electron chi connectivity index (χ3n) is 4.32. The molecule has 0 aliphatic carbocycles. The molecule has 1 saturated heterocycles. The Morgan fingerprint density at radius 3 is 2.59 bits per heavy atom. The quantitative estimate of drug-likeness (QED) is 0.888. The van der Waals surface area contributed by atoms with E-state index < -0.39 is 23.6 Å². The van der Waals surface area contributed by atoms with Gasteiger partial charge in [0.15, 0.2) is 0 Å². The van der Waals surface area contributed by atoms with Crippen LogP contribution in [0.4, 0.5) is 9.18 Å². The minimum Gasteiger partial charge on any atom is -0.465 e. The van der Waals surface area contributed by atoms with Gasteiger partial charge >= 0.3 is 6.09 Å². The Balaban J connectivity index is 2.60. The van der Waals surface area contributed by atoms with Gasteiger partial charge in [-0.05, 0) is 23.1 Å². The molecule has 1 N–H and O–H groups in total. The van der Waals surface area contributed by atoms with Gasteiger partial charge in [-0.25, -0.2) is 9.18 Å². The molecule has 1 heterocycles. The average molecular weight is 330 g/mol. The van der Waals surface area contributed by atoms with Crippen LogP contribution >= 0.6 is 11.6 Å². The summed E-state index contributed by atoms with van der Waals surface area (Å²) in [5.41, 5.74) is -0.496. The van der Waals surface area contributed by atoms with Crippen molar-refractivity contribution in [2.24, 2.45) is 5.41 Å². The number of hydrogen-bond donors (Lipinski definition) is 1. The number of carbonyl (C=O) groups is 1. The second-order valence-electron chi connectivity index (χ2n) is 6.72. The van der Waals surface area contributed by atoms with Crippen LogP contribution in [0.1, 0.15) is 32.8 Å². The predicted octanol–water partition coefficient (Wildman–Crippen LogP) is 4.12. The number of hydrogen-bond acceptors (Lipinski definition) is 2. The van der Waals surface area contributed by atoms with E-state index in [1.807, 2.05) is 20.8 Å². The molecule has 0 bridgehead atoms. The maximum Gasteiger partial charge on any atom is 0.407 e. The molecule has 0 saturated carbocycles. The average Bonchev–Trinajstić information content (AvgIpc) is 2.82. The first-order valence-electron chi connectivity index (χ1n) is 7.14. The molecule has 6 heteroatoms. The molecule has 4 nitrogen and oxygen atoms in total. The molecule has 22 heavy (non-hydrogen) atoms. The van der Waals surface area contributed by atoms with E-state index in [-0.39, 0.29) is 10.4 Å². The molecule has 1 amide bonds. The van der Waals surface area contributed by atoms with Crippen LogP contribution in [0.2, 0.25) is 5.02 Å². The summed E-state index contributed by atoms with van der Waals surface area (Å²) in [7, 11) is 1.56. The molecule has 1 aliphatic rings. The highest BCUT2D eigenvalue weighted by atomic mass is 35.5. The summed E-state index contributed by atoms with van der Waals surface area (Å²) < 4.78 is 19.3. The lowest BCUT2D eigenvalue weighted by atomic mass is 9.73. The number of likely N-dealkylation sites (tertiary alicyclic amines) is 1. The van der Waals surface area contributed by atoms with E-state index in [0.717, 1.165) is 0 Å². The van der Waals surface area contributed by atoms with Crippen LogP contribution in [-0.4, -0.2) is 35.8 Å². The molecule has 0 spiro atoms. The Kier molecular flexibility index (Phi) is 4.42. The third kappa shape index (κ3) is 2.68. The molecule has 0 radical (unpaired) electrons. The van der Waals surface area contributed by atoms with Crippen LogP contribution in [-0.2, 0) is 10.3 Å². The fourth-order valence-corrected chi connectivity index (χ4v) is 3.75. The lowest BCUT2D eigenvalue weighted by Gasteiger charge is -2.44. The summed E-state index contributed by atoms with van der Waals surface area (Å²) in [6, 6.07) is 4.05. The lowest BCUT2D eigenvalue weighted by Crippen LogP contribution is -2.53. The van der Waals surface area contributed by atoms with E-state index in [1.165, 1.54) is 17.0 Å². The Morgan fingerprint density at radius 1 is 1.50 bits per heavy atom. The van der Waals surface area contributed by atoms with Crippen molar-refractivity contribution in [1.29, 1.82) is 0 Å². The molecule has 1 aromatic carbocycles. The Bertz CT molecular complexity index is 587. The van der Waals surface area contributed by atoms with Gasteiger partial charge < -0.3 is 14.7 Å². The first kappa shape index (κ1) is 17.0. The van der Waals surface area contributed by atoms with E-state index in [0.29, 0.717) is 18.5 Å². The number of methoxy groups -OCH3 is 1. The van der Waals surface area contributed by atoms with Crippen molar-refractivity contribution in [3.63, 3.8) is 0 Å². The predicted molar refractivity (Wildman–Crippen MR) is 82.7 cm³/mol. The second kappa shape index (κ2) is 5.70. The Hall–Kier alpha value is -1.33. The van der Waals surface area contributed by atoms with Crippen molar-refractivity contribution < 1.29 is 19.0 Å². The number of benzene rings is 1. The third-order valence-corrected chi connectivity index (χ3v) is 4.61. The summed E-state index contributed by atoms with van der Waals surface area (Å²) in [5, 5.41) is 9.51. The van der Waals surface area contributed by atoms with Crippen LogP contribution in [0.3, 0.4) is 0 Å². The van der Waals surface area contributed by atoms with Crippen LogP contribution in [0.25, 0.3) is 0 Å². The van der Waals surface area contributed by atoms with Crippen LogP contribution in [0.5, 0.6) is 0 Å². The van der Waals surface area contributed by atoms with Gasteiger partial charge in [-0.1, -0.05) is 38.4 Å². The standard InChI is InChI=1S/C16H21ClFNO3/c1-15(2,3)13-16(22-4,7-8-19(13)14(20)21)10-5-6-12(18)11(17)9-10/h5-6,9,13H,7-8H2,1-4H3,(H,20,21). The summed E-state index contributed by atoms with van der Waals surface area (Å²) in [5.74, 6) is -0.503. The fourth-order valence-electron chi connectivity index (χ4n) is 3.57. The van der Waals surface area contributed by atoms with Crippen LogP contribution < -0.4 is 0 Å². The summed E-state index contributed by atoms with van der Waals surface area (Å²) >= 11 is 5.91. The van der Waals surface area contributed by atoms with Gasteiger partial charge in [-0.2, -0.15) is 0 Å². The molecule has 0 aromatic heterocycles. The molecule has 1 fully saturated rings. The van der Waals surface area contributed by atoms with E-state index >= 15 is 0 Å². The van der Waals surface area contributed by atoms with Gasteiger partial charge in [0.1, 0.15) is 11.4 Å². The van der Waals surface area contributed by atoms with Crippen molar-refractivity contribution in [3.05, 3.63) is 34.6 Å². The summed E-state index contributed by atoms with van der Waals surface area (Å²) in [4.78, 5) is 13.0. The smallest absolute Gasteiger partial charge is 0.407 e. The molecule has 2 atom stereocenters. The van der Waals surface area contributed by atoms with Crippen molar-refractivity contribution in [1.82, 2.24) is 4.90 Å². The van der Waals surface area contributed by atoms with Crippen molar-refractivity contribution in [3.8, 4) is 0 Å². The van der Waals surface area contributed by atoms with Crippen molar-refractivity contribution in [2.45, 2.75) is 38.8 Å². The zero-order chi connectivity index (χ0) is 16.7. The minimum atomic E-state index is -0.980. The number of amides is 1. The van der Waals surface area contributed by atoms with Crippen molar-refractivity contribution >= 4 is 17.7 Å². The number of nitrogens with zero attached hydrogens (tertiary/aromatic N) is 1. The normalized spacial score (nSPS) is 25.5. The van der Waals surface area contributed by atoms with Gasteiger partial charge in [-0.15, -0.1) is 0 Å². The first-order valence-corrected chi connectivity index (χ1v) is 7.51. The topological polar surface area (TPSA) is 49.8 Å². The maximum atomic E-state index is 13.5. The molecule has 2 unspecified atom stereocenters. The zero-order valence-electron chi connectivity index (χ0n) is 13.2. The number of rotatable bonds is 2. The van der Waals surface area contributed by atoms with E-state index in [1.54, 1.807) is 13.2 Å². The molecule has 2 rings (SSSR count). The van der Waals surface area contributed by atoms with E-state index in [2.05, 4.69) is 0 Å². The first-order chi connectivity index (χ1) is 10.1. The maximum absolute atomic E-state index is 13.5. The van der Waals surface area contributed by atoms with Crippen LogP contribution in [0.15, 0.2) is 18.2 Å². The summed E-state index contributed by atoms with van der Waals surface area (Å²) in [6.07, 6.45) is -0.480. The highest BCUT2D eigenvalue weighted by Crippen LogP contribution is 2.48. The van der Waals surface area contributed by atoms with Gasteiger partial charge in [0, 0.05) is 20.1 Å². The summed E-state index contributed by atoms with van der Waals surface area (Å²) in [6.45, 7) is 6.27. The number of carboxylic acid groups (broad SMARTS) is 1. The van der Waals surface area contributed by atoms with E-state index in [4.69, 9.17) is 16.3 Å². The molecule has 1 aromatic rings. The molecule has 1 aliphatic heterocycles. The van der Waals surface area contributed by atoms with Gasteiger partial charge in [0.05, 0.1) is 11.1 Å². The Morgan fingerprint density at radius 2 is 2.14 bits per heavy atom. The minimum absolute atomic E-state index is 0.00959. The fraction of sp³-hybridized carbons (Fsp3) is 0.562. The molecular formula is C16H21ClFNO3. The lowest BCUT2D eigenvalue weighted by molar-refractivity contribution is -0.0732. The van der Waals surface area contributed by atoms with Gasteiger partial charge in [0.25, 0.3) is 0 Å². The van der Waals surface area contributed by atoms with E-state index in [9.17, 15) is 14.3 Å². The Labute approximate surface area is 134 Å². The van der Waals surface area contributed by atoms with Crippen molar-refractivity contribution in [2.75, 3.05) is 13.7 Å². The highest BCUT2D eigenvalue weighted by molar-refractivity contribution is 6.30.